The first-order chi connectivity index (χ1) is 7.86. The first kappa shape index (κ1) is 12.0. The number of aryl methyl sites for hydroxylation is 1. The summed E-state index contributed by atoms with van der Waals surface area (Å²) in [5.74, 6) is 0. The molecule has 90 valence electrons. The van der Waals surface area contributed by atoms with E-state index < -0.39 is 0 Å². The molecule has 0 aliphatic carbocycles. The van der Waals surface area contributed by atoms with Gasteiger partial charge in [0, 0.05) is 32.7 Å². The average molecular weight is 240 g/mol. The van der Waals surface area contributed by atoms with Gasteiger partial charge >= 0.3 is 0 Å². The molecule has 0 unspecified atom stereocenters. The first-order valence-electron chi connectivity index (χ1n) is 5.89. The van der Waals surface area contributed by atoms with E-state index in [4.69, 9.17) is 4.74 Å². The Morgan fingerprint density at radius 1 is 1.38 bits per heavy atom. The molecule has 1 aromatic heterocycles. The summed E-state index contributed by atoms with van der Waals surface area (Å²) in [6.45, 7) is 9.32. The van der Waals surface area contributed by atoms with E-state index in [2.05, 4.69) is 27.9 Å². The molecule has 1 saturated heterocycles. The fourth-order valence-corrected chi connectivity index (χ4v) is 2.71. The molecule has 1 aliphatic rings. The molecule has 0 saturated carbocycles. The van der Waals surface area contributed by atoms with Crippen LogP contribution in [0.25, 0.3) is 0 Å². The minimum Gasteiger partial charge on any atom is -0.379 e. The monoisotopic (exact) mass is 240 g/mol. The Bertz CT molecular complexity index is 308. The second-order valence-corrected chi connectivity index (χ2v) is 4.95. The van der Waals surface area contributed by atoms with Crippen LogP contribution in [0.5, 0.6) is 0 Å². The molecule has 3 nitrogen and oxygen atoms in total. The Labute approximate surface area is 101 Å². The molecular formula is C12H20N2OS. The highest BCUT2D eigenvalue weighted by molar-refractivity contribution is 7.08. The van der Waals surface area contributed by atoms with Crippen molar-refractivity contribution in [1.29, 1.82) is 0 Å². The summed E-state index contributed by atoms with van der Waals surface area (Å²) in [6.07, 6.45) is 0. The smallest absolute Gasteiger partial charge is 0.0594 e. The quantitative estimate of drug-likeness (QED) is 0.789. The van der Waals surface area contributed by atoms with Gasteiger partial charge in [-0.3, -0.25) is 4.90 Å². The third-order valence-corrected chi connectivity index (χ3v) is 3.90. The predicted molar refractivity (Wildman–Crippen MR) is 68.0 cm³/mol. The Kier molecular flexibility index (Phi) is 4.78. The molecule has 1 aromatic rings. The van der Waals surface area contributed by atoms with Gasteiger partial charge in [0.15, 0.2) is 0 Å². The Hall–Kier alpha value is -0.420. The van der Waals surface area contributed by atoms with E-state index in [9.17, 15) is 0 Å². The maximum atomic E-state index is 5.32. The van der Waals surface area contributed by atoms with Gasteiger partial charge in [0.1, 0.15) is 0 Å². The lowest BCUT2D eigenvalue weighted by atomic mass is 10.2. The zero-order chi connectivity index (χ0) is 11.2. The summed E-state index contributed by atoms with van der Waals surface area (Å²) in [6, 6.07) is 0. The summed E-state index contributed by atoms with van der Waals surface area (Å²) in [5.41, 5.74) is 2.84. The van der Waals surface area contributed by atoms with E-state index in [0.717, 1.165) is 45.9 Å². The molecule has 1 aliphatic heterocycles. The molecule has 1 fully saturated rings. The molecule has 16 heavy (non-hydrogen) atoms. The van der Waals surface area contributed by atoms with Crippen molar-refractivity contribution in [2.24, 2.45) is 0 Å². The minimum absolute atomic E-state index is 0.892. The lowest BCUT2D eigenvalue weighted by Gasteiger charge is -2.26. The van der Waals surface area contributed by atoms with E-state index in [1.807, 2.05) is 0 Å². The molecule has 0 bridgehead atoms. The van der Waals surface area contributed by atoms with Gasteiger partial charge in [0.2, 0.25) is 0 Å². The molecule has 0 atom stereocenters. The maximum Gasteiger partial charge on any atom is 0.0594 e. The van der Waals surface area contributed by atoms with Crippen molar-refractivity contribution >= 4 is 11.3 Å². The summed E-state index contributed by atoms with van der Waals surface area (Å²) >= 11 is 1.79. The van der Waals surface area contributed by atoms with Gasteiger partial charge in [0.25, 0.3) is 0 Å². The lowest BCUT2D eigenvalue weighted by Crippen LogP contribution is -2.40. The van der Waals surface area contributed by atoms with Gasteiger partial charge in [-0.25, -0.2) is 0 Å². The fraction of sp³-hybridized carbons (Fsp3) is 0.667. The highest BCUT2D eigenvalue weighted by Crippen LogP contribution is 2.12. The van der Waals surface area contributed by atoms with Crippen LogP contribution in [0.4, 0.5) is 0 Å². The molecule has 2 rings (SSSR count). The zero-order valence-corrected chi connectivity index (χ0v) is 10.7. The van der Waals surface area contributed by atoms with E-state index in [-0.39, 0.29) is 0 Å². The van der Waals surface area contributed by atoms with Crippen LogP contribution in [0.1, 0.15) is 11.1 Å². The van der Waals surface area contributed by atoms with Crippen molar-refractivity contribution in [1.82, 2.24) is 10.2 Å². The van der Waals surface area contributed by atoms with Gasteiger partial charge in [0.05, 0.1) is 13.2 Å². The van der Waals surface area contributed by atoms with E-state index in [1.54, 1.807) is 11.3 Å². The van der Waals surface area contributed by atoms with E-state index >= 15 is 0 Å². The van der Waals surface area contributed by atoms with Crippen LogP contribution in [0.2, 0.25) is 0 Å². The predicted octanol–water partition coefficient (Wildman–Crippen LogP) is 1.48. The summed E-state index contributed by atoms with van der Waals surface area (Å²) in [4.78, 5) is 2.46. The van der Waals surface area contributed by atoms with Crippen molar-refractivity contribution in [3.63, 3.8) is 0 Å². The van der Waals surface area contributed by atoms with Crippen LogP contribution in [0.15, 0.2) is 10.8 Å². The zero-order valence-electron chi connectivity index (χ0n) is 9.87. The van der Waals surface area contributed by atoms with Gasteiger partial charge in [-0.15, -0.1) is 0 Å². The number of thiophene rings is 1. The summed E-state index contributed by atoms with van der Waals surface area (Å²) < 4.78 is 5.32. The van der Waals surface area contributed by atoms with Crippen molar-refractivity contribution in [2.45, 2.75) is 13.5 Å². The van der Waals surface area contributed by atoms with Crippen LogP contribution >= 0.6 is 11.3 Å². The highest BCUT2D eigenvalue weighted by Gasteiger charge is 2.08. The third kappa shape index (κ3) is 3.56. The summed E-state index contributed by atoms with van der Waals surface area (Å²) in [7, 11) is 0. The lowest BCUT2D eigenvalue weighted by molar-refractivity contribution is 0.0384. The normalized spacial score (nSPS) is 17.8. The van der Waals surface area contributed by atoms with Gasteiger partial charge in [-0.05, 0) is 28.8 Å². The van der Waals surface area contributed by atoms with Gasteiger partial charge in [-0.2, -0.15) is 11.3 Å². The van der Waals surface area contributed by atoms with Crippen molar-refractivity contribution in [3.8, 4) is 0 Å². The Morgan fingerprint density at radius 3 is 2.88 bits per heavy atom. The molecule has 0 spiro atoms. The standard InChI is InChI=1S/C12H20N2OS/c1-11-9-16-10-12(11)8-13-2-3-14-4-6-15-7-5-14/h9-10,13H,2-8H2,1H3. The Morgan fingerprint density at radius 2 is 2.19 bits per heavy atom. The fourth-order valence-electron chi connectivity index (χ4n) is 1.85. The second-order valence-electron chi connectivity index (χ2n) is 4.21. The first-order valence-corrected chi connectivity index (χ1v) is 6.83. The maximum absolute atomic E-state index is 5.32. The van der Waals surface area contributed by atoms with Crippen LogP contribution in [0.3, 0.4) is 0 Å². The minimum atomic E-state index is 0.892. The third-order valence-electron chi connectivity index (χ3n) is 2.99. The number of morpholine rings is 1. The highest BCUT2D eigenvalue weighted by atomic mass is 32.1. The van der Waals surface area contributed by atoms with Crippen LogP contribution in [0, 0.1) is 6.92 Å². The Balaban J connectivity index is 1.59. The van der Waals surface area contributed by atoms with Gasteiger partial charge in [-0.1, -0.05) is 0 Å². The molecular weight excluding hydrogens is 220 g/mol. The number of hydrogen-bond donors (Lipinski definition) is 1. The van der Waals surface area contributed by atoms with Crippen molar-refractivity contribution in [3.05, 3.63) is 21.9 Å². The number of nitrogens with one attached hydrogen (secondary N) is 1. The average Bonchev–Trinajstić information content (AvgIpc) is 2.72. The van der Waals surface area contributed by atoms with E-state index in [0.29, 0.717) is 0 Å². The molecule has 1 N–H and O–H groups in total. The second kappa shape index (κ2) is 6.35. The van der Waals surface area contributed by atoms with E-state index in [1.165, 1.54) is 11.1 Å². The van der Waals surface area contributed by atoms with Crippen LogP contribution < -0.4 is 5.32 Å². The topological polar surface area (TPSA) is 24.5 Å². The molecule has 0 amide bonds. The van der Waals surface area contributed by atoms with Crippen LogP contribution in [-0.4, -0.2) is 44.3 Å². The van der Waals surface area contributed by atoms with Crippen molar-refractivity contribution in [2.75, 3.05) is 39.4 Å². The molecule has 0 aromatic carbocycles. The molecule has 0 radical (unpaired) electrons. The molecule has 4 heteroatoms. The number of ether oxygens (including phenoxy) is 1. The van der Waals surface area contributed by atoms with Gasteiger partial charge < -0.3 is 10.1 Å². The number of rotatable bonds is 5. The number of hydrogen-bond acceptors (Lipinski definition) is 4. The van der Waals surface area contributed by atoms with Crippen LogP contribution in [-0.2, 0) is 11.3 Å². The SMILES string of the molecule is Cc1cscc1CNCCN1CCOCC1. The summed E-state index contributed by atoms with van der Waals surface area (Å²) in [5, 5.41) is 7.94. The largest absolute Gasteiger partial charge is 0.379 e. The molecule has 2 heterocycles. The number of nitrogens with zero attached hydrogens (tertiary/aromatic N) is 1. The van der Waals surface area contributed by atoms with Crippen molar-refractivity contribution < 1.29 is 4.74 Å².